The van der Waals surface area contributed by atoms with Crippen molar-refractivity contribution in [2.45, 2.75) is 6.92 Å². The van der Waals surface area contributed by atoms with E-state index in [4.69, 9.17) is 5.26 Å². The molecule has 0 radical (unpaired) electrons. The average molecular weight is 305 g/mol. The first kappa shape index (κ1) is 12.6. The van der Waals surface area contributed by atoms with E-state index >= 15 is 0 Å². The van der Waals surface area contributed by atoms with Crippen LogP contribution < -0.4 is 5.32 Å². The second-order valence-corrected chi connectivity index (χ2v) is 4.72. The summed E-state index contributed by atoms with van der Waals surface area (Å²) in [5.41, 5.74) is 2.75. The van der Waals surface area contributed by atoms with Gasteiger partial charge in [-0.25, -0.2) is 4.39 Å². The predicted octanol–water partition coefficient (Wildman–Crippen LogP) is 4.51. The molecule has 0 unspecified atom stereocenters. The number of halogens is 2. The fourth-order valence-corrected chi connectivity index (χ4v) is 2.07. The van der Waals surface area contributed by atoms with E-state index in [2.05, 4.69) is 27.3 Å². The van der Waals surface area contributed by atoms with Crippen molar-refractivity contribution in [3.63, 3.8) is 0 Å². The third kappa shape index (κ3) is 2.52. The van der Waals surface area contributed by atoms with Crippen molar-refractivity contribution in [1.82, 2.24) is 0 Å². The minimum atomic E-state index is -0.336. The molecular weight excluding hydrogens is 295 g/mol. The maximum Gasteiger partial charge on any atom is 0.139 e. The van der Waals surface area contributed by atoms with E-state index in [0.29, 0.717) is 21.4 Å². The van der Waals surface area contributed by atoms with Gasteiger partial charge in [-0.2, -0.15) is 5.26 Å². The lowest BCUT2D eigenvalue weighted by molar-refractivity contribution is 0.621. The summed E-state index contributed by atoms with van der Waals surface area (Å²) in [5.74, 6) is -0.336. The van der Waals surface area contributed by atoms with Crippen LogP contribution in [0.25, 0.3) is 0 Å². The molecule has 90 valence electrons. The highest BCUT2D eigenvalue weighted by Gasteiger charge is 2.07. The molecule has 0 fully saturated rings. The minimum absolute atomic E-state index is 0.336. The number of nitrogens with one attached hydrogen (secondary N) is 1. The quantitative estimate of drug-likeness (QED) is 0.886. The van der Waals surface area contributed by atoms with Crippen molar-refractivity contribution in [3.8, 4) is 6.07 Å². The summed E-state index contributed by atoms with van der Waals surface area (Å²) in [4.78, 5) is 0. The zero-order valence-corrected chi connectivity index (χ0v) is 11.3. The first-order valence-corrected chi connectivity index (χ1v) is 6.13. The number of hydrogen-bond acceptors (Lipinski definition) is 2. The summed E-state index contributed by atoms with van der Waals surface area (Å²) in [5, 5.41) is 12.1. The summed E-state index contributed by atoms with van der Waals surface area (Å²) in [7, 11) is 0. The first-order valence-electron chi connectivity index (χ1n) is 5.33. The molecule has 0 atom stereocenters. The second-order valence-electron chi connectivity index (χ2n) is 3.86. The zero-order chi connectivity index (χ0) is 13.1. The number of rotatable bonds is 2. The van der Waals surface area contributed by atoms with Gasteiger partial charge in [0.1, 0.15) is 11.9 Å². The standard InChI is InChI=1S/C14H10BrFN2/c1-9-6-11(15)12(16)7-14(9)18-13-5-3-2-4-10(13)8-17/h2-7,18H,1H3. The predicted molar refractivity (Wildman–Crippen MR) is 73.3 cm³/mol. The molecule has 2 aromatic carbocycles. The zero-order valence-electron chi connectivity index (χ0n) is 9.67. The monoisotopic (exact) mass is 304 g/mol. The molecule has 0 heterocycles. The number of aryl methyl sites for hydroxylation is 1. The highest BCUT2D eigenvalue weighted by Crippen LogP contribution is 2.27. The SMILES string of the molecule is Cc1cc(Br)c(F)cc1Nc1ccccc1C#N. The Morgan fingerprint density at radius 2 is 1.94 bits per heavy atom. The molecule has 2 rings (SSSR count). The van der Waals surface area contributed by atoms with Gasteiger partial charge in [0.15, 0.2) is 0 Å². The molecule has 0 aromatic heterocycles. The van der Waals surface area contributed by atoms with Gasteiger partial charge < -0.3 is 5.32 Å². The van der Waals surface area contributed by atoms with Crippen LogP contribution in [0.15, 0.2) is 40.9 Å². The summed E-state index contributed by atoms with van der Waals surface area (Å²) in [6, 6.07) is 12.3. The van der Waals surface area contributed by atoms with Crippen molar-refractivity contribution in [1.29, 1.82) is 5.26 Å². The van der Waals surface area contributed by atoms with Gasteiger partial charge in [0, 0.05) is 5.69 Å². The van der Waals surface area contributed by atoms with Gasteiger partial charge in [-0.3, -0.25) is 0 Å². The van der Waals surface area contributed by atoms with Gasteiger partial charge in [0.25, 0.3) is 0 Å². The molecule has 18 heavy (non-hydrogen) atoms. The highest BCUT2D eigenvalue weighted by molar-refractivity contribution is 9.10. The molecule has 2 aromatic rings. The molecule has 0 aliphatic heterocycles. The van der Waals surface area contributed by atoms with Crippen molar-refractivity contribution in [2.75, 3.05) is 5.32 Å². The maximum absolute atomic E-state index is 13.5. The molecule has 1 N–H and O–H groups in total. The molecule has 0 aliphatic rings. The Bertz CT molecular complexity index is 632. The van der Waals surface area contributed by atoms with Crippen LogP contribution in [0.3, 0.4) is 0 Å². The molecule has 0 spiro atoms. The maximum atomic E-state index is 13.5. The van der Waals surface area contributed by atoms with Crippen molar-refractivity contribution in [3.05, 3.63) is 57.8 Å². The Labute approximate surface area is 113 Å². The van der Waals surface area contributed by atoms with Gasteiger partial charge in [0.05, 0.1) is 15.7 Å². The van der Waals surface area contributed by atoms with Gasteiger partial charge in [-0.1, -0.05) is 12.1 Å². The van der Waals surface area contributed by atoms with Gasteiger partial charge in [0.2, 0.25) is 0 Å². The van der Waals surface area contributed by atoms with Crippen LogP contribution in [-0.2, 0) is 0 Å². The Kier molecular flexibility index (Phi) is 3.63. The van der Waals surface area contributed by atoms with E-state index < -0.39 is 0 Å². The lowest BCUT2D eigenvalue weighted by atomic mass is 10.1. The second kappa shape index (κ2) is 5.19. The Balaban J connectivity index is 2.41. The first-order chi connectivity index (χ1) is 8.61. The summed E-state index contributed by atoms with van der Waals surface area (Å²) in [6.07, 6.45) is 0. The number of nitriles is 1. The normalized spacial score (nSPS) is 9.89. The van der Waals surface area contributed by atoms with E-state index in [1.165, 1.54) is 6.07 Å². The van der Waals surface area contributed by atoms with E-state index in [0.717, 1.165) is 5.56 Å². The van der Waals surface area contributed by atoms with Crippen molar-refractivity contribution in [2.24, 2.45) is 0 Å². The molecule has 0 aliphatic carbocycles. The topological polar surface area (TPSA) is 35.8 Å². The summed E-state index contributed by atoms with van der Waals surface area (Å²) < 4.78 is 13.9. The van der Waals surface area contributed by atoms with E-state index in [1.54, 1.807) is 24.3 Å². The smallest absolute Gasteiger partial charge is 0.139 e. The Morgan fingerprint density at radius 3 is 2.67 bits per heavy atom. The molecule has 4 heteroatoms. The van der Waals surface area contributed by atoms with Crippen molar-refractivity contribution >= 4 is 27.3 Å². The third-order valence-electron chi connectivity index (χ3n) is 2.58. The summed E-state index contributed by atoms with van der Waals surface area (Å²) in [6.45, 7) is 1.88. The molecule has 0 saturated carbocycles. The van der Waals surface area contributed by atoms with Gasteiger partial charge in [-0.15, -0.1) is 0 Å². The molecule has 0 saturated heterocycles. The Morgan fingerprint density at radius 1 is 1.22 bits per heavy atom. The van der Waals surface area contributed by atoms with Crippen LogP contribution in [0.2, 0.25) is 0 Å². The lowest BCUT2D eigenvalue weighted by Crippen LogP contribution is -1.97. The number of benzene rings is 2. The average Bonchev–Trinajstić information content (AvgIpc) is 2.36. The molecular formula is C14H10BrFN2. The van der Waals surface area contributed by atoms with E-state index in [9.17, 15) is 4.39 Å². The van der Waals surface area contributed by atoms with Crippen molar-refractivity contribution < 1.29 is 4.39 Å². The number of anilines is 2. The number of para-hydroxylation sites is 1. The van der Waals surface area contributed by atoms with Crippen LogP contribution in [0.4, 0.5) is 15.8 Å². The van der Waals surface area contributed by atoms with Crippen LogP contribution in [0.5, 0.6) is 0 Å². The molecule has 0 amide bonds. The van der Waals surface area contributed by atoms with E-state index in [-0.39, 0.29) is 5.82 Å². The number of hydrogen-bond donors (Lipinski definition) is 1. The molecule has 0 bridgehead atoms. The van der Waals surface area contributed by atoms with Crippen LogP contribution in [0, 0.1) is 24.1 Å². The Hall–Kier alpha value is -1.86. The fraction of sp³-hybridized carbons (Fsp3) is 0.0714. The number of nitrogens with zero attached hydrogens (tertiary/aromatic N) is 1. The van der Waals surface area contributed by atoms with Crippen LogP contribution >= 0.6 is 15.9 Å². The van der Waals surface area contributed by atoms with Gasteiger partial charge >= 0.3 is 0 Å². The lowest BCUT2D eigenvalue weighted by Gasteiger charge is -2.11. The van der Waals surface area contributed by atoms with E-state index in [1.807, 2.05) is 13.0 Å². The fourth-order valence-electron chi connectivity index (χ4n) is 1.62. The largest absolute Gasteiger partial charge is 0.354 e. The minimum Gasteiger partial charge on any atom is -0.354 e. The van der Waals surface area contributed by atoms with Gasteiger partial charge in [-0.05, 0) is 52.7 Å². The van der Waals surface area contributed by atoms with Crippen LogP contribution in [-0.4, -0.2) is 0 Å². The molecule has 2 nitrogen and oxygen atoms in total. The summed E-state index contributed by atoms with van der Waals surface area (Å²) >= 11 is 3.14. The third-order valence-corrected chi connectivity index (χ3v) is 3.19. The highest BCUT2D eigenvalue weighted by atomic mass is 79.9. The van der Waals surface area contributed by atoms with Crippen LogP contribution in [0.1, 0.15) is 11.1 Å².